The molecule has 13 heteroatoms. The van der Waals surface area contributed by atoms with Crippen LogP contribution < -0.4 is 0 Å². The smallest absolute Gasteiger partial charge is 0.462 e. The van der Waals surface area contributed by atoms with E-state index < -0.39 is 87.3 Å². The zero-order chi connectivity index (χ0) is 33.8. The van der Waals surface area contributed by atoms with Crippen molar-refractivity contribution in [3.05, 3.63) is 70.3 Å². The maximum atomic E-state index is 14.0. The molecule has 0 heterocycles. The molecule has 0 fully saturated rings. The van der Waals surface area contributed by atoms with Crippen molar-refractivity contribution in [3.8, 4) is 0 Å². The van der Waals surface area contributed by atoms with Gasteiger partial charge in [-0.05, 0) is 55.4 Å². The highest BCUT2D eigenvalue weighted by Crippen LogP contribution is 2.40. The summed E-state index contributed by atoms with van der Waals surface area (Å²) in [6.45, 7) is 10.1. The molecule has 44 heavy (non-hydrogen) atoms. The van der Waals surface area contributed by atoms with Gasteiger partial charge in [0.15, 0.2) is 11.6 Å². The number of rotatable bonds is 9. The molecule has 0 aliphatic carbocycles. The van der Waals surface area contributed by atoms with Gasteiger partial charge in [0.25, 0.3) is 5.78 Å². The third-order valence-electron chi connectivity index (χ3n) is 5.59. The third kappa shape index (κ3) is 8.08. The van der Waals surface area contributed by atoms with Crippen LogP contribution in [0.5, 0.6) is 0 Å². The SMILES string of the molecule is CCOC(=O)C(OC(=O)OC(C)(C)C)(C(=O)OC(C)(C)C)c1ccc(C(C)=O)c(C(=O)C(F)(F)F)c1C(=O)c1ccccc1. The van der Waals surface area contributed by atoms with E-state index in [1.165, 1.54) is 78.8 Å². The molecule has 2 rings (SSSR count). The van der Waals surface area contributed by atoms with E-state index in [9.17, 15) is 41.9 Å². The van der Waals surface area contributed by atoms with Crippen molar-refractivity contribution < 1.29 is 60.9 Å². The fraction of sp³-hybridized carbons (Fsp3) is 0.419. The largest absolute Gasteiger partial charge is 0.510 e. The van der Waals surface area contributed by atoms with Crippen molar-refractivity contribution in [1.82, 2.24) is 0 Å². The first-order valence-corrected chi connectivity index (χ1v) is 13.3. The molecule has 1 atom stereocenters. The summed E-state index contributed by atoms with van der Waals surface area (Å²) in [7, 11) is 0. The minimum Gasteiger partial charge on any atom is -0.462 e. The van der Waals surface area contributed by atoms with Crippen LogP contribution in [0.3, 0.4) is 0 Å². The fourth-order valence-electron chi connectivity index (χ4n) is 3.96. The normalized spacial score (nSPS) is 13.2. The van der Waals surface area contributed by atoms with Gasteiger partial charge in [-0.3, -0.25) is 14.4 Å². The molecule has 1 unspecified atom stereocenters. The van der Waals surface area contributed by atoms with Crippen molar-refractivity contribution in [2.24, 2.45) is 0 Å². The summed E-state index contributed by atoms with van der Waals surface area (Å²) in [5, 5.41) is 0. The summed E-state index contributed by atoms with van der Waals surface area (Å²) < 4.78 is 63.1. The van der Waals surface area contributed by atoms with Crippen molar-refractivity contribution >= 4 is 35.4 Å². The number of ketones is 3. The van der Waals surface area contributed by atoms with Crippen LogP contribution in [-0.2, 0) is 34.1 Å². The highest BCUT2D eigenvalue weighted by Gasteiger charge is 2.59. The molecular formula is C31H33F3O10. The minimum atomic E-state index is -5.64. The van der Waals surface area contributed by atoms with Gasteiger partial charge in [0.2, 0.25) is 0 Å². The lowest BCUT2D eigenvalue weighted by Crippen LogP contribution is -2.53. The van der Waals surface area contributed by atoms with Crippen LogP contribution in [0.1, 0.15) is 97.6 Å². The first-order chi connectivity index (χ1) is 20.1. The topological polar surface area (TPSA) is 139 Å². The van der Waals surface area contributed by atoms with Gasteiger partial charge >= 0.3 is 29.9 Å². The Bertz CT molecular complexity index is 1460. The highest BCUT2D eigenvalue weighted by molar-refractivity contribution is 6.23. The van der Waals surface area contributed by atoms with Crippen LogP contribution in [0.15, 0.2) is 42.5 Å². The second-order valence-corrected chi connectivity index (χ2v) is 11.5. The molecule has 0 amide bonds. The van der Waals surface area contributed by atoms with Gasteiger partial charge in [-0.2, -0.15) is 13.2 Å². The predicted molar refractivity (Wildman–Crippen MR) is 148 cm³/mol. The van der Waals surface area contributed by atoms with E-state index in [2.05, 4.69) is 0 Å². The van der Waals surface area contributed by atoms with E-state index in [-0.39, 0.29) is 5.56 Å². The lowest BCUT2D eigenvalue weighted by Gasteiger charge is -2.34. The summed E-state index contributed by atoms with van der Waals surface area (Å²) >= 11 is 0. The molecule has 0 spiro atoms. The number of hydrogen-bond donors (Lipinski definition) is 0. The van der Waals surface area contributed by atoms with Gasteiger partial charge in [-0.15, -0.1) is 0 Å². The molecule has 2 aromatic carbocycles. The maximum absolute atomic E-state index is 14.0. The summed E-state index contributed by atoms with van der Waals surface area (Å²) in [5.41, 5.74) is -11.0. The molecule has 0 N–H and O–H groups in total. The summed E-state index contributed by atoms with van der Waals surface area (Å²) in [4.78, 5) is 80.3. The minimum absolute atomic E-state index is 0.301. The molecule has 10 nitrogen and oxygen atoms in total. The molecule has 0 aliphatic heterocycles. The van der Waals surface area contributed by atoms with Gasteiger partial charge in [-0.1, -0.05) is 42.5 Å². The van der Waals surface area contributed by atoms with E-state index in [0.717, 1.165) is 13.0 Å². The number of carbonyl (C=O) groups excluding carboxylic acids is 6. The lowest BCUT2D eigenvalue weighted by atomic mass is 9.80. The number of alkyl halides is 3. The molecule has 0 bridgehead atoms. The van der Waals surface area contributed by atoms with E-state index in [4.69, 9.17) is 18.9 Å². The predicted octanol–water partition coefficient (Wildman–Crippen LogP) is 5.92. The Morgan fingerprint density at radius 1 is 0.705 bits per heavy atom. The van der Waals surface area contributed by atoms with Crippen LogP contribution in [-0.4, -0.2) is 59.4 Å². The number of hydrogen-bond acceptors (Lipinski definition) is 10. The first kappa shape index (κ1) is 35.6. The van der Waals surface area contributed by atoms with E-state index in [0.29, 0.717) is 6.07 Å². The Kier molecular flexibility index (Phi) is 10.5. The standard InChI is InChI=1S/C31H33F3O10/c1-9-41-25(38)30(26(39)42-28(3,4)5,44-27(40)43-29(6,7)8)20-16-15-19(17(2)35)21(24(37)31(32,33)34)22(20)23(36)18-13-11-10-12-14-18/h10-16H,9H2,1-8H3. The van der Waals surface area contributed by atoms with Crippen molar-refractivity contribution in [2.75, 3.05) is 6.61 Å². The number of halogens is 3. The quantitative estimate of drug-likeness (QED) is 0.143. The van der Waals surface area contributed by atoms with Crippen LogP contribution in [0.25, 0.3) is 0 Å². The number of ether oxygens (including phenoxy) is 4. The second kappa shape index (κ2) is 13.0. The average Bonchev–Trinajstić information content (AvgIpc) is 2.88. The Morgan fingerprint density at radius 3 is 1.70 bits per heavy atom. The number of carbonyl (C=O) groups is 6. The molecule has 0 aliphatic rings. The number of esters is 2. The first-order valence-electron chi connectivity index (χ1n) is 13.3. The van der Waals surface area contributed by atoms with Gasteiger partial charge in [0.05, 0.1) is 6.61 Å². The Labute approximate surface area is 251 Å². The van der Waals surface area contributed by atoms with Crippen molar-refractivity contribution in [3.63, 3.8) is 0 Å². The van der Waals surface area contributed by atoms with Gasteiger partial charge in [0, 0.05) is 27.8 Å². The van der Waals surface area contributed by atoms with Crippen LogP contribution in [0.2, 0.25) is 0 Å². The molecule has 2 aromatic rings. The van der Waals surface area contributed by atoms with Crippen LogP contribution >= 0.6 is 0 Å². The third-order valence-corrected chi connectivity index (χ3v) is 5.59. The second-order valence-electron chi connectivity index (χ2n) is 11.5. The lowest BCUT2D eigenvalue weighted by molar-refractivity contribution is -0.196. The monoisotopic (exact) mass is 622 g/mol. The Balaban J connectivity index is 3.29. The van der Waals surface area contributed by atoms with E-state index >= 15 is 0 Å². The zero-order valence-corrected chi connectivity index (χ0v) is 25.5. The molecular weight excluding hydrogens is 589 g/mol. The van der Waals surface area contributed by atoms with Crippen molar-refractivity contribution in [2.45, 2.75) is 78.4 Å². The van der Waals surface area contributed by atoms with Gasteiger partial charge < -0.3 is 18.9 Å². The summed E-state index contributed by atoms with van der Waals surface area (Å²) in [5.74, 6) is -8.37. The molecule has 0 saturated carbocycles. The summed E-state index contributed by atoms with van der Waals surface area (Å²) in [6, 6.07) is 8.03. The molecule has 0 saturated heterocycles. The van der Waals surface area contributed by atoms with Gasteiger partial charge in [0.1, 0.15) is 11.2 Å². The zero-order valence-electron chi connectivity index (χ0n) is 25.5. The molecule has 0 aromatic heterocycles. The fourth-order valence-corrected chi connectivity index (χ4v) is 3.96. The van der Waals surface area contributed by atoms with E-state index in [1.807, 2.05) is 0 Å². The number of Topliss-reactive ketones (excluding diaryl/α,β-unsaturated/α-hetero) is 2. The highest BCUT2D eigenvalue weighted by atomic mass is 19.4. The average molecular weight is 623 g/mol. The maximum Gasteiger partial charge on any atom is 0.510 e. The Morgan fingerprint density at radius 2 is 1.25 bits per heavy atom. The van der Waals surface area contributed by atoms with Crippen molar-refractivity contribution in [1.29, 1.82) is 0 Å². The van der Waals surface area contributed by atoms with Gasteiger partial charge in [-0.25, -0.2) is 14.4 Å². The molecule has 238 valence electrons. The summed E-state index contributed by atoms with van der Waals surface area (Å²) in [6.07, 6.45) is -7.31. The van der Waals surface area contributed by atoms with E-state index in [1.54, 1.807) is 0 Å². The Hall–Kier alpha value is -4.55. The van der Waals surface area contributed by atoms with Crippen LogP contribution in [0, 0.1) is 0 Å². The molecule has 0 radical (unpaired) electrons. The van der Waals surface area contributed by atoms with Crippen LogP contribution in [0.4, 0.5) is 18.0 Å². The number of benzene rings is 2.